The first kappa shape index (κ1) is 19.3. The Morgan fingerprint density at radius 1 is 1.07 bits per heavy atom. The molecule has 1 heterocycles. The van der Waals surface area contributed by atoms with Gasteiger partial charge in [-0.05, 0) is 55.0 Å². The van der Waals surface area contributed by atoms with Crippen LogP contribution < -0.4 is 9.47 Å². The number of aromatic nitrogens is 2. The second-order valence-electron chi connectivity index (χ2n) is 5.81. The zero-order valence-electron chi connectivity index (χ0n) is 15.3. The summed E-state index contributed by atoms with van der Waals surface area (Å²) in [7, 11) is 1.60. The van der Waals surface area contributed by atoms with Crippen molar-refractivity contribution in [2.45, 2.75) is 19.4 Å². The van der Waals surface area contributed by atoms with E-state index < -0.39 is 0 Å². The minimum Gasteiger partial charge on any atom is -0.497 e. The van der Waals surface area contributed by atoms with Crippen LogP contribution in [0.15, 0.2) is 53.1 Å². The van der Waals surface area contributed by atoms with Crippen LogP contribution in [0.3, 0.4) is 0 Å². The average Bonchev–Trinajstić information content (AvgIpc) is 3.20. The van der Waals surface area contributed by atoms with E-state index in [1.807, 2.05) is 0 Å². The van der Waals surface area contributed by atoms with Crippen molar-refractivity contribution in [3.05, 3.63) is 60.2 Å². The quantitative estimate of drug-likeness (QED) is 0.409. The van der Waals surface area contributed by atoms with Gasteiger partial charge < -0.3 is 18.7 Å². The third kappa shape index (κ3) is 5.54. The Balaban J connectivity index is 1.36. The van der Waals surface area contributed by atoms with Crippen LogP contribution in [0, 0.1) is 5.82 Å². The second kappa shape index (κ2) is 9.50. The highest BCUT2D eigenvalue weighted by molar-refractivity contribution is 5.69. The summed E-state index contributed by atoms with van der Waals surface area (Å²) in [4.78, 5) is 15.9. The highest BCUT2D eigenvalue weighted by Gasteiger charge is 2.11. The van der Waals surface area contributed by atoms with Gasteiger partial charge in [-0.1, -0.05) is 5.16 Å². The fourth-order valence-corrected chi connectivity index (χ4v) is 2.32. The average molecular weight is 386 g/mol. The molecular weight excluding hydrogens is 367 g/mol. The molecule has 7 nitrogen and oxygen atoms in total. The molecule has 0 unspecified atom stereocenters. The van der Waals surface area contributed by atoms with Crippen LogP contribution in [0.2, 0.25) is 0 Å². The van der Waals surface area contributed by atoms with Gasteiger partial charge in [0.2, 0.25) is 5.82 Å². The molecule has 0 atom stereocenters. The third-order valence-corrected chi connectivity index (χ3v) is 3.77. The molecule has 0 aliphatic carbocycles. The van der Waals surface area contributed by atoms with Gasteiger partial charge in [-0.25, -0.2) is 4.39 Å². The minimum atomic E-state index is -0.383. The predicted octanol–water partition coefficient (Wildman–Crippen LogP) is 3.79. The second-order valence-corrected chi connectivity index (χ2v) is 5.81. The first-order chi connectivity index (χ1) is 13.6. The molecule has 0 bridgehead atoms. The molecule has 0 saturated heterocycles. The SMILES string of the molecule is COc1ccc(OCCCC(=O)OCc2noc(-c3ccc(F)cc3)n2)cc1. The number of rotatable bonds is 9. The van der Waals surface area contributed by atoms with Crippen molar-refractivity contribution in [2.24, 2.45) is 0 Å². The Morgan fingerprint density at radius 3 is 2.50 bits per heavy atom. The lowest BCUT2D eigenvalue weighted by atomic mass is 10.2. The summed E-state index contributed by atoms with van der Waals surface area (Å²) in [6.45, 7) is 0.293. The van der Waals surface area contributed by atoms with E-state index in [0.29, 0.717) is 24.3 Å². The number of carbonyl (C=O) groups excluding carboxylic acids is 1. The lowest BCUT2D eigenvalue weighted by Crippen LogP contribution is -2.08. The number of halogens is 1. The Labute approximate surface area is 161 Å². The molecule has 3 aromatic rings. The maximum atomic E-state index is 12.9. The number of methoxy groups -OCH3 is 1. The first-order valence-electron chi connectivity index (χ1n) is 8.65. The fraction of sp³-hybridized carbons (Fsp3) is 0.250. The standard InChI is InChI=1S/C20H19FN2O5/c1-25-16-8-10-17(11-9-16)26-12-2-3-19(24)27-13-18-22-20(28-23-18)14-4-6-15(21)7-5-14/h4-11H,2-3,12-13H2,1H3. The third-order valence-electron chi connectivity index (χ3n) is 3.77. The maximum Gasteiger partial charge on any atom is 0.306 e. The zero-order valence-corrected chi connectivity index (χ0v) is 15.3. The number of ether oxygens (including phenoxy) is 3. The monoisotopic (exact) mass is 386 g/mol. The molecule has 28 heavy (non-hydrogen) atoms. The van der Waals surface area contributed by atoms with Crippen molar-refractivity contribution in [1.82, 2.24) is 10.1 Å². The van der Waals surface area contributed by atoms with E-state index in [0.717, 1.165) is 5.75 Å². The normalized spacial score (nSPS) is 10.5. The molecule has 0 saturated carbocycles. The lowest BCUT2D eigenvalue weighted by molar-refractivity contribution is -0.145. The van der Waals surface area contributed by atoms with E-state index >= 15 is 0 Å². The van der Waals surface area contributed by atoms with Crippen LogP contribution in [0.4, 0.5) is 4.39 Å². The van der Waals surface area contributed by atoms with E-state index in [-0.39, 0.29) is 36.5 Å². The van der Waals surface area contributed by atoms with Gasteiger partial charge >= 0.3 is 5.97 Å². The molecule has 0 amide bonds. The molecule has 146 valence electrons. The number of hydrogen-bond donors (Lipinski definition) is 0. The van der Waals surface area contributed by atoms with Crippen molar-refractivity contribution in [2.75, 3.05) is 13.7 Å². The van der Waals surface area contributed by atoms with Crippen molar-refractivity contribution in [3.63, 3.8) is 0 Å². The summed E-state index contributed by atoms with van der Waals surface area (Å²) in [6, 6.07) is 12.9. The number of esters is 1. The van der Waals surface area contributed by atoms with Gasteiger partial charge in [-0.2, -0.15) is 4.98 Å². The number of carbonyl (C=O) groups is 1. The molecule has 0 N–H and O–H groups in total. The van der Waals surface area contributed by atoms with Crippen LogP contribution >= 0.6 is 0 Å². The summed E-state index contributed by atoms with van der Waals surface area (Å²) in [5.74, 6) is 1.19. The Morgan fingerprint density at radius 2 is 1.79 bits per heavy atom. The van der Waals surface area contributed by atoms with Gasteiger partial charge in [0.15, 0.2) is 6.61 Å². The van der Waals surface area contributed by atoms with Gasteiger partial charge in [0.05, 0.1) is 13.7 Å². The summed E-state index contributed by atoms with van der Waals surface area (Å²) in [6.07, 6.45) is 0.719. The zero-order chi connectivity index (χ0) is 19.8. The Kier molecular flexibility index (Phi) is 6.56. The van der Waals surface area contributed by atoms with Gasteiger partial charge in [0, 0.05) is 12.0 Å². The molecular formula is C20H19FN2O5. The van der Waals surface area contributed by atoms with Crippen LogP contribution in [0.5, 0.6) is 11.5 Å². The van der Waals surface area contributed by atoms with Crippen molar-refractivity contribution in [3.8, 4) is 23.0 Å². The van der Waals surface area contributed by atoms with Crippen molar-refractivity contribution in [1.29, 1.82) is 0 Å². The molecule has 0 fully saturated rings. The minimum absolute atomic E-state index is 0.0944. The molecule has 0 aliphatic heterocycles. The van der Waals surface area contributed by atoms with E-state index in [9.17, 15) is 9.18 Å². The number of benzene rings is 2. The summed E-state index contributed by atoms with van der Waals surface area (Å²) >= 11 is 0. The van der Waals surface area contributed by atoms with Gasteiger partial charge in [0.1, 0.15) is 17.3 Å². The van der Waals surface area contributed by atoms with Crippen LogP contribution in [-0.2, 0) is 16.1 Å². The van der Waals surface area contributed by atoms with Gasteiger partial charge in [0.25, 0.3) is 5.89 Å². The van der Waals surface area contributed by atoms with Gasteiger partial charge in [-0.15, -0.1) is 0 Å². The van der Waals surface area contributed by atoms with Crippen LogP contribution in [0.25, 0.3) is 11.5 Å². The molecule has 1 aromatic heterocycles. The van der Waals surface area contributed by atoms with Crippen LogP contribution in [-0.4, -0.2) is 29.8 Å². The van der Waals surface area contributed by atoms with Gasteiger partial charge in [-0.3, -0.25) is 4.79 Å². The lowest BCUT2D eigenvalue weighted by Gasteiger charge is -2.07. The summed E-state index contributed by atoms with van der Waals surface area (Å²) < 4.78 is 33.8. The van der Waals surface area contributed by atoms with E-state index in [1.54, 1.807) is 31.4 Å². The molecule has 0 aliphatic rings. The molecule has 2 aromatic carbocycles. The highest BCUT2D eigenvalue weighted by atomic mass is 19.1. The largest absolute Gasteiger partial charge is 0.497 e. The maximum absolute atomic E-state index is 12.9. The Hall–Kier alpha value is -3.42. The topological polar surface area (TPSA) is 83.7 Å². The molecule has 3 rings (SSSR count). The van der Waals surface area contributed by atoms with Crippen LogP contribution in [0.1, 0.15) is 18.7 Å². The first-order valence-corrected chi connectivity index (χ1v) is 8.65. The predicted molar refractivity (Wildman–Crippen MR) is 97.2 cm³/mol. The van der Waals surface area contributed by atoms with E-state index in [2.05, 4.69) is 10.1 Å². The molecule has 0 radical (unpaired) electrons. The molecule has 0 spiro atoms. The fourth-order valence-electron chi connectivity index (χ4n) is 2.32. The smallest absolute Gasteiger partial charge is 0.306 e. The van der Waals surface area contributed by atoms with E-state index in [1.165, 1.54) is 24.3 Å². The van der Waals surface area contributed by atoms with Crippen molar-refractivity contribution >= 4 is 5.97 Å². The summed E-state index contributed by atoms with van der Waals surface area (Å²) in [5.41, 5.74) is 0.585. The number of hydrogen-bond acceptors (Lipinski definition) is 7. The van der Waals surface area contributed by atoms with Crippen molar-refractivity contribution < 1.29 is 27.9 Å². The summed E-state index contributed by atoms with van der Waals surface area (Å²) in [5, 5.41) is 3.75. The van der Waals surface area contributed by atoms with E-state index in [4.69, 9.17) is 18.7 Å². The Bertz CT molecular complexity index is 894. The molecule has 8 heteroatoms. The number of nitrogens with zero attached hydrogens (tertiary/aromatic N) is 2. The highest BCUT2D eigenvalue weighted by Crippen LogP contribution is 2.18.